The molecule has 1 aromatic carbocycles. The molecule has 0 aliphatic heterocycles. The van der Waals surface area contributed by atoms with E-state index in [1.165, 1.54) is 12.1 Å². The molecule has 5 heteroatoms. The molecule has 16 heavy (non-hydrogen) atoms. The van der Waals surface area contributed by atoms with Crippen molar-refractivity contribution >= 4 is 5.69 Å². The van der Waals surface area contributed by atoms with Gasteiger partial charge in [0.15, 0.2) is 0 Å². The third kappa shape index (κ3) is 4.10. The Kier molecular flexibility index (Phi) is 5.01. The van der Waals surface area contributed by atoms with E-state index in [-0.39, 0.29) is 5.69 Å². The van der Waals surface area contributed by atoms with E-state index in [2.05, 4.69) is 6.58 Å². The highest BCUT2D eigenvalue weighted by molar-refractivity contribution is 5.35. The zero-order chi connectivity index (χ0) is 11.8. The van der Waals surface area contributed by atoms with E-state index in [0.717, 1.165) is 0 Å². The van der Waals surface area contributed by atoms with Crippen LogP contribution in [0, 0.1) is 10.1 Å². The predicted molar refractivity (Wildman–Crippen MR) is 59.6 cm³/mol. The van der Waals surface area contributed by atoms with E-state index in [1.807, 2.05) is 0 Å². The van der Waals surface area contributed by atoms with Crippen molar-refractivity contribution in [2.45, 2.75) is 0 Å². The summed E-state index contributed by atoms with van der Waals surface area (Å²) in [5, 5.41) is 10.4. The van der Waals surface area contributed by atoms with E-state index >= 15 is 0 Å². The van der Waals surface area contributed by atoms with Gasteiger partial charge in [0.2, 0.25) is 0 Å². The lowest BCUT2D eigenvalue weighted by Crippen LogP contribution is -2.06. The fraction of sp³-hybridized carbons (Fsp3) is 0.273. The van der Waals surface area contributed by atoms with Gasteiger partial charge in [0, 0.05) is 12.1 Å². The second-order valence-corrected chi connectivity index (χ2v) is 2.96. The lowest BCUT2D eigenvalue weighted by Gasteiger charge is -2.05. The van der Waals surface area contributed by atoms with Crippen molar-refractivity contribution in [3.63, 3.8) is 0 Å². The summed E-state index contributed by atoms with van der Waals surface area (Å²) in [5.74, 6) is 0.591. The van der Waals surface area contributed by atoms with E-state index in [0.29, 0.717) is 25.6 Å². The number of non-ortho nitro benzene ring substituents is 1. The average molecular weight is 223 g/mol. The van der Waals surface area contributed by atoms with Crippen molar-refractivity contribution in [3.05, 3.63) is 47.0 Å². The maximum atomic E-state index is 10.4. The molecule has 0 saturated heterocycles. The Hall–Kier alpha value is -1.88. The minimum absolute atomic E-state index is 0.0512. The van der Waals surface area contributed by atoms with Gasteiger partial charge in [-0.3, -0.25) is 10.1 Å². The number of nitro benzene ring substituents is 1. The van der Waals surface area contributed by atoms with Crippen molar-refractivity contribution in [2.24, 2.45) is 0 Å². The fourth-order valence-electron chi connectivity index (χ4n) is 1.05. The molecule has 86 valence electrons. The molecule has 0 fully saturated rings. The van der Waals surface area contributed by atoms with Crippen LogP contribution in [0.2, 0.25) is 0 Å². The molecule has 5 nitrogen and oxygen atoms in total. The summed E-state index contributed by atoms with van der Waals surface area (Å²) in [7, 11) is 0. The zero-order valence-corrected chi connectivity index (χ0v) is 8.80. The molecule has 0 radical (unpaired) electrons. The second-order valence-electron chi connectivity index (χ2n) is 2.96. The van der Waals surface area contributed by atoms with Crippen LogP contribution in [0.1, 0.15) is 0 Å². The Bertz CT molecular complexity index is 348. The van der Waals surface area contributed by atoms with Crippen molar-refractivity contribution in [1.82, 2.24) is 0 Å². The largest absolute Gasteiger partial charge is 0.491 e. The predicted octanol–water partition coefficient (Wildman–Crippen LogP) is 2.18. The summed E-state index contributed by atoms with van der Waals surface area (Å²) in [5.41, 5.74) is 0.0512. The monoisotopic (exact) mass is 223 g/mol. The normalized spacial score (nSPS) is 9.75. The second kappa shape index (κ2) is 6.58. The molecule has 0 spiro atoms. The summed E-state index contributed by atoms with van der Waals surface area (Å²) >= 11 is 0. The Morgan fingerprint density at radius 2 is 2.00 bits per heavy atom. The zero-order valence-electron chi connectivity index (χ0n) is 8.80. The lowest BCUT2D eigenvalue weighted by atomic mass is 10.3. The van der Waals surface area contributed by atoms with Gasteiger partial charge in [0.25, 0.3) is 5.69 Å². The number of nitrogens with zero attached hydrogens (tertiary/aromatic N) is 1. The third-order valence-electron chi connectivity index (χ3n) is 1.78. The van der Waals surface area contributed by atoms with Gasteiger partial charge in [-0.15, -0.1) is 6.58 Å². The Morgan fingerprint density at radius 1 is 1.31 bits per heavy atom. The minimum atomic E-state index is -0.447. The summed E-state index contributed by atoms with van der Waals surface area (Å²) in [6.07, 6.45) is 1.66. The van der Waals surface area contributed by atoms with Gasteiger partial charge in [0.1, 0.15) is 12.4 Å². The van der Waals surface area contributed by atoms with Crippen LogP contribution >= 0.6 is 0 Å². The Balaban J connectivity index is 2.32. The van der Waals surface area contributed by atoms with Crippen LogP contribution in [-0.2, 0) is 4.74 Å². The van der Waals surface area contributed by atoms with Gasteiger partial charge < -0.3 is 9.47 Å². The van der Waals surface area contributed by atoms with Gasteiger partial charge >= 0.3 is 0 Å². The number of hydrogen-bond donors (Lipinski definition) is 0. The molecule has 0 aliphatic rings. The lowest BCUT2D eigenvalue weighted by molar-refractivity contribution is -0.384. The summed E-state index contributed by atoms with van der Waals surface area (Å²) in [6, 6.07) is 5.93. The Morgan fingerprint density at radius 3 is 2.56 bits per heavy atom. The fourth-order valence-corrected chi connectivity index (χ4v) is 1.05. The summed E-state index contributed by atoms with van der Waals surface area (Å²) in [4.78, 5) is 9.93. The third-order valence-corrected chi connectivity index (χ3v) is 1.78. The molecule has 0 bridgehead atoms. The molecular formula is C11H13NO4. The van der Waals surface area contributed by atoms with Crippen LogP contribution in [-0.4, -0.2) is 24.7 Å². The first-order chi connectivity index (χ1) is 7.74. The molecule has 0 aliphatic carbocycles. The summed E-state index contributed by atoms with van der Waals surface area (Å²) in [6.45, 7) is 4.87. The van der Waals surface area contributed by atoms with Crippen molar-refractivity contribution < 1.29 is 14.4 Å². The maximum Gasteiger partial charge on any atom is 0.269 e. The topological polar surface area (TPSA) is 61.6 Å². The van der Waals surface area contributed by atoms with Crippen LogP contribution in [0.3, 0.4) is 0 Å². The number of hydrogen-bond acceptors (Lipinski definition) is 4. The quantitative estimate of drug-likeness (QED) is 0.307. The van der Waals surface area contributed by atoms with Gasteiger partial charge in [-0.05, 0) is 12.1 Å². The molecule has 0 saturated carbocycles. The average Bonchev–Trinajstić information content (AvgIpc) is 2.29. The molecule has 0 aromatic heterocycles. The van der Waals surface area contributed by atoms with Crippen LogP contribution in [0.5, 0.6) is 5.75 Å². The Labute approximate surface area is 93.4 Å². The van der Waals surface area contributed by atoms with Gasteiger partial charge in [-0.1, -0.05) is 6.08 Å². The van der Waals surface area contributed by atoms with E-state index in [1.54, 1.807) is 18.2 Å². The van der Waals surface area contributed by atoms with Crippen LogP contribution in [0.4, 0.5) is 5.69 Å². The van der Waals surface area contributed by atoms with E-state index in [9.17, 15) is 10.1 Å². The smallest absolute Gasteiger partial charge is 0.269 e. The van der Waals surface area contributed by atoms with Crippen molar-refractivity contribution in [2.75, 3.05) is 19.8 Å². The molecule has 0 atom stereocenters. The van der Waals surface area contributed by atoms with Crippen molar-refractivity contribution in [1.29, 1.82) is 0 Å². The van der Waals surface area contributed by atoms with Crippen molar-refractivity contribution in [3.8, 4) is 5.75 Å². The molecular weight excluding hydrogens is 210 g/mol. The SMILES string of the molecule is C=CCOCCOc1ccc([N+](=O)[O-])cc1. The number of nitro groups is 1. The highest BCUT2D eigenvalue weighted by Crippen LogP contribution is 2.16. The minimum Gasteiger partial charge on any atom is -0.491 e. The molecule has 0 N–H and O–H groups in total. The number of ether oxygens (including phenoxy) is 2. The molecule has 0 unspecified atom stereocenters. The standard InChI is InChI=1S/C11H13NO4/c1-2-7-15-8-9-16-11-5-3-10(4-6-11)12(13)14/h2-6H,1,7-9H2. The van der Waals surface area contributed by atoms with E-state index in [4.69, 9.17) is 9.47 Å². The van der Waals surface area contributed by atoms with Gasteiger partial charge in [-0.25, -0.2) is 0 Å². The molecule has 0 amide bonds. The van der Waals surface area contributed by atoms with Crippen LogP contribution < -0.4 is 4.74 Å². The molecule has 1 aromatic rings. The highest BCUT2D eigenvalue weighted by Gasteiger charge is 2.03. The molecule has 1 rings (SSSR count). The van der Waals surface area contributed by atoms with Crippen LogP contribution in [0.15, 0.2) is 36.9 Å². The first kappa shape index (κ1) is 12.2. The van der Waals surface area contributed by atoms with E-state index < -0.39 is 4.92 Å². The summed E-state index contributed by atoms with van der Waals surface area (Å²) < 4.78 is 10.4. The first-order valence-corrected chi connectivity index (χ1v) is 4.80. The maximum absolute atomic E-state index is 10.4. The molecule has 0 heterocycles. The van der Waals surface area contributed by atoms with Gasteiger partial charge in [-0.2, -0.15) is 0 Å². The highest BCUT2D eigenvalue weighted by atomic mass is 16.6. The first-order valence-electron chi connectivity index (χ1n) is 4.80. The number of benzene rings is 1. The van der Waals surface area contributed by atoms with Gasteiger partial charge in [0.05, 0.1) is 18.1 Å². The van der Waals surface area contributed by atoms with Crippen LogP contribution in [0.25, 0.3) is 0 Å². The number of rotatable bonds is 7.